The van der Waals surface area contributed by atoms with Gasteiger partial charge in [-0.2, -0.15) is 0 Å². The minimum Gasteiger partial charge on any atom is -0.351 e. The summed E-state index contributed by atoms with van der Waals surface area (Å²) >= 11 is 1.42. The van der Waals surface area contributed by atoms with Gasteiger partial charge in [-0.25, -0.2) is 13.8 Å². The molecule has 1 fully saturated rings. The van der Waals surface area contributed by atoms with Crippen molar-refractivity contribution in [3.63, 3.8) is 0 Å². The summed E-state index contributed by atoms with van der Waals surface area (Å²) in [5, 5.41) is 5.55. The van der Waals surface area contributed by atoms with Crippen LogP contribution in [0.2, 0.25) is 0 Å². The number of aromatic nitrogens is 1. The molecule has 3 aromatic rings. The molecule has 8 heteroatoms. The van der Waals surface area contributed by atoms with Crippen molar-refractivity contribution in [2.24, 2.45) is 0 Å². The third kappa shape index (κ3) is 7.66. The Morgan fingerprint density at radius 3 is 2.69 bits per heavy atom. The van der Waals surface area contributed by atoms with Gasteiger partial charge in [0.05, 0.1) is 6.54 Å². The fraction of sp³-hybridized carbons (Fsp3) is 0.429. The fourth-order valence-corrected chi connectivity index (χ4v) is 5.44. The van der Waals surface area contributed by atoms with Crippen LogP contribution in [0.25, 0.3) is 0 Å². The zero-order valence-corrected chi connectivity index (χ0v) is 21.6. The lowest BCUT2D eigenvalue weighted by Gasteiger charge is -2.33. The highest BCUT2D eigenvalue weighted by atomic mass is 32.1. The number of halogens is 2. The predicted molar refractivity (Wildman–Crippen MR) is 140 cm³/mol. The summed E-state index contributed by atoms with van der Waals surface area (Å²) in [6.07, 6.45) is 4.74. The molecule has 0 saturated carbocycles. The average molecular weight is 513 g/mol. The van der Waals surface area contributed by atoms with Crippen molar-refractivity contribution in [3.05, 3.63) is 87.4 Å². The molecule has 1 aliphatic heterocycles. The van der Waals surface area contributed by atoms with Crippen LogP contribution < -0.4 is 5.32 Å². The first kappa shape index (κ1) is 26.4. The van der Waals surface area contributed by atoms with Crippen LogP contribution in [-0.4, -0.2) is 46.4 Å². The minimum absolute atomic E-state index is 0.164. The summed E-state index contributed by atoms with van der Waals surface area (Å²) in [7, 11) is 0. The predicted octanol–water partition coefficient (Wildman–Crippen LogP) is 5.62. The molecular weight excluding hydrogens is 478 g/mol. The second-order valence-electron chi connectivity index (χ2n) is 9.48. The summed E-state index contributed by atoms with van der Waals surface area (Å²) in [4.78, 5) is 21.7. The third-order valence-corrected chi connectivity index (χ3v) is 7.50. The molecule has 1 unspecified atom stereocenters. The van der Waals surface area contributed by atoms with E-state index in [2.05, 4.69) is 22.1 Å². The van der Waals surface area contributed by atoms with Crippen LogP contribution in [0.15, 0.2) is 53.9 Å². The second-order valence-corrected chi connectivity index (χ2v) is 10.4. The molecule has 0 aliphatic carbocycles. The average Bonchev–Trinajstić information content (AvgIpc) is 3.34. The number of carbonyl (C=O) groups is 1. The van der Waals surface area contributed by atoms with Crippen molar-refractivity contribution in [2.75, 3.05) is 19.6 Å². The van der Waals surface area contributed by atoms with Crippen LogP contribution in [0.1, 0.15) is 59.2 Å². The van der Waals surface area contributed by atoms with E-state index in [9.17, 15) is 13.6 Å². The zero-order chi connectivity index (χ0) is 25.3. The van der Waals surface area contributed by atoms with E-state index in [4.69, 9.17) is 0 Å². The van der Waals surface area contributed by atoms with Gasteiger partial charge in [0.2, 0.25) is 0 Å². The number of thiazole rings is 1. The summed E-state index contributed by atoms with van der Waals surface area (Å²) < 4.78 is 27.7. The number of nitrogens with zero attached hydrogens (tertiary/aromatic N) is 3. The lowest BCUT2D eigenvalue weighted by atomic mass is 10.0. The Morgan fingerprint density at radius 2 is 1.92 bits per heavy atom. The molecule has 5 nitrogen and oxygen atoms in total. The lowest BCUT2D eigenvalue weighted by Crippen LogP contribution is -2.39. The van der Waals surface area contributed by atoms with E-state index < -0.39 is 0 Å². The van der Waals surface area contributed by atoms with Crippen molar-refractivity contribution < 1.29 is 13.6 Å². The van der Waals surface area contributed by atoms with Gasteiger partial charge in [-0.05, 0) is 56.5 Å². The Hall–Kier alpha value is -2.68. The monoisotopic (exact) mass is 512 g/mol. The van der Waals surface area contributed by atoms with E-state index in [-0.39, 0.29) is 17.5 Å². The molecule has 0 radical (unpaired) electrons. The third-order valence-electron chi connectivity index (χ3n) is 6.66. The van der Waals surface area contributed by atoms with Gasteiger partial charge < -0.3 is 10.2 Å². The SMILES string of the molecule is CC1CCCCN1CCCNC(=O)c1csc(CN(Cc2ccc(F)cc2)Cc2ccccc2F)n1. The van der Waals surface area contributed by atoms with Crippen LogP contribution in [0.3, 0.4) is 0 Å². The molecule has 1 aliphatic rings. The maximum Gasteiger partial charge on any atom is 0.270 e. The van der Waals surface area contributed by atoms with Crippen molar-refractivity contribution in [2.45, 2.75) is 58.3 Å². The molecule has 1 atom stereocenters. The molecule has 1 amide bonds. The Balaban J connectivity index is 1.33. The smallest absolute Gasteiger partial charge is 0.270 e. The minimum atomic E-state index is -0.291. The van der Waals surface area contributed by atoms with Crippen LogP contribution >= 0.6 is 11.3 Å². The molecule has 0 bridgehead atoms. The topological polar surface area (TPSA) is 48.5 Å². The highest BCUT2D eigenvalue weighted by molar-refractivity contribution is 7.09. The molecule has 2 heterocycles. The fourth-order valence-electron chi connectivity index (χ4n) is 4.63. The summed E-state index contributed by atoms with van der Waals surface area (Å²) in [5.74, 6) is -0.719. The number of piperidine rings is 1. The number of hydrogen-bond donors (Lipinski definition) is 1. The van der Waals surface area contributed by atoms with E-state index in [1.807, 2.05) is 11.0 Å². The molecule has 2 aromatic carbocycles. The molecule has 192 valence electrons. The molecular formula is C28H34F2N4OS. The van der Waals surface area contributed by atoms with Gasteiger partial charge in [0.15, 0.2) is 0 Å². The molecule has 1 aromatic heterocycles. The van der Waals surface area contributed by atoms with Crippen molar-refractivity contribution in [1.29, 1.82) is 0 Å². The summed E-state index contributed by atoms with van der Waals surface area (Å²) in [6.45, 7) is 6.38. The number of rotatable bonds is 11. The Morgan fingerprint density at radius 1 is 1.11 bits per heavy atom. The van der Waals surface area contributed by atoms with Crippen molar-refractivity contribution >= 4 is 17.2 Å². The van der Waals surface area contributed by atoms with Crippen molar-refractivity contribution in [3.8, 4) is 0 Å². The standard InChI is InChI=1S/C28H34F2N4OS/c1-21-7-4-5-15-34(21)16-6-14-31-28(35)26-20-36-27(32-26)19-33(17-22-10-12-24(29)13-11-22)18-23-8-2-3-9-25(23)30/h2-3,8-13,20-21H,4-7,14-19H2,1H3,(H,31,35). The zero-order valence-electron chi connectivity index (χ0n) is 20.8. The molecule has 4 rings (SSSR count). The first-order chi connectivity index (χ1) is 17.5. The highest BCUT2D eigenvalue weighted by Gasteiger charge is 2.18. The van der Waals surface area contributed by atoms with E-state index >= 15 is 0 Å². The van der Waals surface area contributed by atoms with Gasteiger partial charge in [0.1, 0.15) is 22.3 Å². The second kappa shape index (κ2) is 13.0. The number of carbonyl (C=O) groups excluding carboxylic acids is 1. The lowest BCUT2D eigenvalue weighted by molar-refractivity contribution is 0.0944. The van der Waals surface area contributed by atoms with Crippen LogP contribution in [0.5, 0.6) is 0 Å². The van der Waals surface area contributed by atoms with Crippen LogP contribution in [0, 0.1) is 11.6 Å². The van der Waals surface area contributed by atoms with Crippen molar-refractivity contribution in [1.82, 2.24) is 20.1 Å². The van der Waals surface area contributed by atoms with Gasteiger partial charge in [-0.15, -0.1) is 11.3 Å². The quantitative estimate of drug-likeness (QED) is 0.339. The number of benzene rings is 2. The molecule has 0 spiro atoms. The number of nitrogens with one attached hydrogen (secondary N) is 1. The maximum atomic E-state index is 14.3. The largest absolute Gasteiger partial charge is 0.351 e. The van der Waals surface area contributed by atoms with E-state index in [0.29, 0.717) is 43.5 Å². The van der Waals surface area contributed by atoms with E-state index in [0.717, 1.165) is 30.1 Å². The Kier molecular flexibility index (Phi) is 9.55. The molecule has 36 heavy (non-hydrogen) atoms. The van der Waals surface area contributed by atoms with Gasteiger partial charge in [0.25, 0.3) is 5.91 Å². The van der Waals surface area contributed by atoms with Gasteiger partial charge in [-0.3, -0.25) is 9.69 Å². The maximum absolute atomic E-state index is 14.3. The normalized spacial score (nSPS) is 16.4. The van der Waals surface area contributed by atoms with Gasteiger partial charge in [0, 0.05) is 43.2 Å². The highest BCUT2D eigenvalue weighted by Crippen LogP contribution is 2.19. The van der Waals surface area contributed by atoms with Crippen LogP contribution in [-0.2, 0) is 19.6 Å². The van der Waals surface area contributed by atoms with E-state index in [1.54, 1.807) is 29.6 Å². The summed E-state index contributed by atoms with van der Waals surface area (Å²) in [5.41, 5.74) is 1.91. The Labute approximate surface area is 216 Å². The number of likely N-dealkylation sites (tertiary alicyclic amines) is 1. The number of hydrogen-bond acceptors (Lipinski definition) is 5. The number of amides is 1. The molecule has 1 saturated heterocycles. The first-order valence-electron chi connectivity index (χ1n) is 12.6. The van der Waals surface area contributed by atoms with Gasteiger partial charge >= 0.3 is 0 Å². The van der Waals surface area contributed by atoms with Gasteiger partial charge in [-0.1, -0.05) is 36.8 Å². The van der Waals surface area contributed by atoms with E-state index in [1.165, 1.54) is 48.8 Å². The first-order valence-corrected chi connectivity index (χ1v) is 13.5. The molecule has 1 N–H and O–H groups in total. The summed E-state index contributed by atoms with van der Waals surface area (Å²) in [6, 6.07) is 13.6. The van der Waals surface area contributed by atoms with Crippen LogP contribution in [0.4, 0.5) is 8.78 Å². The Bertz CT molecular complexity index is 1120.